The summed E-state index contributed by atoms with van der Waals surface area (Å²) < 4.78 is 16.4. The van der Waals surface area contributed by atoms with Gasteiger partial charge in [0.15, 0.2) is 0 Å². The average molecular weight is 256 g/mol. The van der Waals surface area contributed by atoms with E-state index in [1.807, 2.05) is 20.0 Å². The van der Waals surface area contributed by atoms with Crippen molar-refractivity contribution >= 4 is 16.6 Å². The van der Waals surface area contributed by atoms with Gasteiger partial charge in [-0.25, -0.2) is 9.37 Å². The molecule has 0 saturated carbocycles. The van der Waals surface area contributed by atoms with Crippen LogP contribution in [0.25, 0.3) is 21.9 Å². The normalized spacial score (nSPS) is 11.1. The molecule has 96 valence electrons. The Labute approximate surface area is 109 Å². The quantitative estimate of drug-likeness (QED) is 0.728. The molecule has 2 N–H and O–H groups in total. The summed E-state index contributed by atoms with van der Waals surface area (Å²) in [6, 6.07) is 5.34. The molecule has 3 rings (SSSR count). The molecule has 0 spiro atoms. The molecule has 0 aliphatic rings. The van der Waals surface area contributed by atoms with Crippen molar-refractivity contribution in [2.75, 3.05) is 5.73 Å². The van der Waals surface area contributed by atoms with Gasteiger partial charge in [0.25, 0.3) is 0 Å². The number of aromatic nitrogens is 3. The fourth-order valence-corrected chi connectivity index (χ4v) is 2.22. The summed E-state index contributed by atoms with van der Waals surface area (Å²) in [6.07, 6.45) is 3.23. The van der Waals surface area contributed by atoms with Crippen molar-refractivity contribution in [1.29, 1.82) is 0 Å². The number of rotatable bonds is 1. The lowest BCUT2D eigenvalue weighted by atomic mass is 10.0. The molecule has 2 aromatic heterocycles. The third-order valence-electron chi connectivity index (χ3n) is 3.42. The van der Waals surface area contributed by atoms with E-state index in [1.165, 1.54) is 0 Å². The average Bonchev–Trinajstić information content (AvgIpc) is 2.71. The monoisotopic (exact) mass is 256 g/mol. The summed E-state index contributed by atoms with van der Waals surface area (Å²) in [6.45, 7) is 1.90. The Hall–Kier alpha value is -2.43. The van der Waals surface area contributed by atoms with Crippen molar-refractivity contribution in [2.24, 2.45) is 7.05 Å². The number of pyridine rings is 1. The van der Waals surface area contributed by atoms with Gasteiger partial charge in [0.1, 0.15) is 11.6 Å². The van der Waals surface area contributed by atoms with Gasteiger partial charge in [0.2, 0.25) is 0 Å². The Bertz CT molecular complexity index is 776. The number of anilines is 1. The lowest BCUT2D eigenvalue weighted by Gasteiger charge is -2.08. The number of nitrogen functional groups attached to an aromatic ring is 1. The second-order valence-corrected chi connectivity index (χ2v) is 4.49. The third-order valence-corrected chi connectivity index (χ3v) is 3.42. The molecule has 4 nitrogen and oxygen atoms in total. The largest absolute Gasteiger partial charge is 0.383 e. The van der Waals surface area contributed by atoms with Crippen molar-refractivity contribution in [2.45, 2.75) is 6.92 Å². The van der Waals surface area contributed by atoms with Gasteiger partial charge in [-0.2, -0.15) is 5.10 Å². The first-order chi connectivity index (χ1) is 9.09. The summed E-state index contributed by atoms with van der Waals surface area (Å²) in [5, 5.41) is 5.25. The van der Waals surface area contributed by atoms with Gasteiger partial charge in [0.05, 0.1) is 11.6 Å². The molecule has 0 saturated heterocycles. The second-order valence-electron chi connectivity index (χ2n) is 4.49. The Morgan fingerprint density at radius 2 is 2.00 bits per heavy atom. The van der Waals surface area contributed by atoms with E-state index < -0.39 is 0 Å². The zero-order valence-corrected chi connectivity index (χ0v) is 10.7. The molecule has 0 amide bonds. The molecule has 0 aliphatic heterocycles. The third kappa shape index (κ3) is 1.66. The van der Waals surface area contributed by atoms with Gasteiger partial charge in [-0.1, -0.05) is 12.1 Å². The van der Waals surface area contributed by atoms with Crippen LogP contribution in [-0.4, -0.2) is 14.8 Å². The van der Waals surface area contributed by atoms with Gasteiger partial charge in [-0.3, -0.25) is 4.68 Å². The number of hydrogen-bond donors (Lipinski definition) is 1. The summed E-state index contributed by atoms with van der Waals surface area (Å²) in [5.41, 5.74) is 7.95. The maximum absolute atomic E-state index is 14.6. The van der Waals surface area contributed by atoms with E-state index >= 15 is 0 Å². The second kappa shape index (κ2) is 4.05. The minimum Gasteiger partial charge on any atom is -0.383 e. The van der Waals surface area contributed by atoms with E-state index in [-0.39, 0.29) is 11.6 Å². The van der Waals surface area contributed by atoms with E-state index in [0.717, 1.165) is 16.6 Å². The highest BCUT2D eigenvalue weighted by atomic mass is 19.1. The summed E-state index contributed by atoms with van der Waals surface area (Å²) in [4.78, 5) is 3.95. The molecule has 0 unspecified atom stereocenters. The number of aryl methyl sites for hydroxylation is 1. The van der Waals surface area contributed by atoms with E-state index in [1.54, 1.807) is 29.2 Å². The number of fused-ring (bicyclic) bond motifs is 1. The fraction of sp³-hybridized carbons (Fsp3) is 0.143. The molecule has 0 bridgehead atoms. The minimum atomic E-state index is -0.348. The minimum absolute atomic E-state index is 0.207. The first-order valence-corrected chi connectivity index (χ1v) is 5.91. The van der Waals surface area contributed by atoms with Crippen LogP contribution in [0.5, 0.6) is 0 Å². The Kier molecular flexibility index (Phi) is 2.48. The van der Waals surface area contributed by atoms with Crippen molar-refractivity contribution in [1.82, 2.24) is 14.8 Å². The molecule has 0 radical (unpaired) electrons. The van der Waals surface area contributed by atoms with Crippen LogP contribution < -0.4 is 5.73 Å². The number of hydrogen-bond acceptors (Lipinski definition) is 3. The summed E-state index contributed by atoms with van der Waals surface area (Å²) >= 11 is 0. The maximum Gasteiger partial charge on any atom is 0.142 e. The van der Waals surface area contributed by atoms with E-state index in [9.17, 15) is 4.39 Å². The van der Waals surface area contributed by atoms with Crippen LogP contribution in [0.1, 0.15) is 5.69 Å². The first kappa shape index (κ1) is 11.6. The number of nitrogens with zero attached hydrogens (tertiary/aromatic N) is 3. The zero-order chi connectivity index (χ0) is 13.6. The van der Waals surface area contributed by atoms with Gasteiger partial charge in [-0.15, -0.1) is 0 Å². The molecular weight excluding hydrogens is 243 g/mol. The highest BCUT2D eigenvalue weighted by Crippen LogP contribution is 2.32. The van der Waals surface area contributed by atoms with Crippen molar-refractivity contribution in [3.05, 3.63) is 42.1 Å². The molecule has 3 aromatic rings. The molecule has 19 heavy (non-hydrogen) atoms. The highest BCUT2D eigenvalue weighted by molar-refractivity contribution is 5.95. The van der Waals surface area contributed by atoms with Crippen LogP contribution >= 0.6 is 0 Å². The molecule has 1 aromatic carbocycles. The van der Waals surface area contributed by atoms with Crippen molar-refractivity contribution in [3.63, 3.8) is 0 Å². The maximum atomic E-state index is 14.6. The lowest BCUT2D eigenvalue weighted by Crippen LogP contribution is -1.96. The van der Waals surface area contributed by atoms with E-state index in [2.05, 4.69) is 10.1 Å². The smallest absolute Gasteiger partial charge is 0.142 e. The molecule has 0 aliphatic carbocycles. The van der Waals surface area contributed by atoms with Gasteiger partial charge in [-0.05, 0) is 18.4 Å². The highest BCUT2D eigenvalue weighted by Gasteiger charge is 2.15. The predicted octanol–water partition coefficient (Wildman–Crippen LogP) is 2.67. The van der Waals surface area contributed by atoms with E-state index in [0.29, 0.717) is 10.9 Å². The number of halogens is 1. The molecule has 2 heterocycles. The van der Waals surface area contributed by atoms with Crippen molar-refractivity contribution in [3.8, 4) is 11.1 Å². The lowest BCUT2D eigenvalue weighted by molar-refractivity contribution is 0.643. The van der Waals surface area contributed by atoms with Crippen LogP contribution in [0.3, 0.4) is 0 Å². The number of benzene rings is 1. The standard InChI is InChI=1S/C14H13FN4/c1-8-11(7-18-19(8)2)10-4-3-9-5-6-17-14(16)12(9)13(10)15/h3-7H,1-2H3,(H2,16,17). The Morgan fingerprint density at radius 1 is 1.21 bits per heavy atom. The Balaban J connectivity index is 2.35. The fourth-order valence-electron chi connectivity index (χ4n) is 2.22. The van der Waals surface area contributed by atoms with Crippen molar-refractivity contribution < 1.29 is 4.39 Å². The SMILES string of the molecule is Cc1c(-c2ccc3ccnc(N)c3c2F)cnn1C. The van der Waals surface area contributed by atoms with Crippen LogP contribution in [0.2, 0.25) is 0 Å². The van der Waals surface area contributed by atoms with Crippen LogP contribution in [0.4, 0.5) is 10.2 Å². The summed E-state index contributed by atoms with van der Waals surface area (Å²) in [7, 11) is 1.83. The Morgan fingerprint density at radius 3 is 2.68 bits per heavy atom. The van der Waals surface area contributed by atoms with Gasteiger partial charge >= 0.3 is 0 Å². The molecule has 0 fully saturated rings. The topological polar surface area (TPSA) is 56.7 Å². The zero-order valence-electron chi connectivity index (χ0n) is 10.7. The molecule has 0 atom stereocenters. The predicted molar refractivity (Wildman–Crippen MR) is 73.1 cm³/mol. The van der Waals surface area contributed by atoms with Gasteiger partial charge < -0.3 is 5.73 Å². The molecule has 5 heteroatoms. The summed E-state index contributed by atoms with van der Waals surface area (Å²) in [5.74, 6) is -0.141. The van der Waals surface area contributed by atoms with Crippen LogP contribution in [0.15, 0.2) is 30.6 Å². The van der Waals surface area contributed by atoms with E-state index in [4.69, 9.17) is 5.73 Å². The first-order valence-electron chi connectivity index (χ1n) is 5.91. The number of nitrogens with two attached hydrogens (primary N) is 1. The van der Waals surface area contributed by atoms with Gasteiger partial charge in [0, 0.05) is 30.1 Å². The van der Waals surface area contributed by atoms with Crippen LogP contribution in [-0.2, 0) is 7.05 Å². The molecular formula is C14H13FN4. The van der Waals surface area contributed by atoms with Crippen LogP contribution in [0, 0.1) is 12.7 Å².